The van der Waals surface area contributed by atoms with Gasteiger partial charge in [-0.05, 0) is 55.7 Å². The van der Waals surface area contributed by atoms with E-state index in [-0.39, 0.29) is 17.1 Å². The molecule has 0 spiro atoms. The summed E-state index contributed by atoms with van der Waals surface area (Å²) in [6.45, 7) is 1.82. The van der Waals surface area contributed by atoms with Crippen molar-refractivity contribution in [2.45, 2.75) is 36.9 Å². The van der Waals surface area contributed by atoms with Gasteiger partial charge in [-0.15, -0.1) is 0 Å². The highest BCUT2D eigenvalue weighted by Gasteiger charge is 2.40. The predicted octanol–water partition coefficient (Wildman–Crippen LogP) is 3.81. The molecule has 0 bridgehead atoms. The first-order valence-corrected chi connectivity index (χ1v) is 10.6. The lowest BCUT2D eigenvalue weighted by atomic mass is 10.2. The number of carbonyl (C=O) groups excluding carboxylic acids is 1. The number of alkyl halides is 3. The molecule has 1 atom stereocenters. The van der Waals surface area contributed by atoms with Crippen LogP contribution in [-0.4, -0.2) is 38.3 Å². The van der Waals surface area contributed by atoms with Crippen molar-refractivity contribution in [3.05, 3.63) is 53.6 Å². The minimum absolute atomic E-state index is 0.0519. The molecular weight excluding hydrogens is 421 g/mol. The number of benzene rings is 2. The Labute approximate surface area is 172 Å². The summed E-state index contributed by atoms with van der Waals surface area (Å²) in [6, 6.07) is 7.72. The number of ether oxygens (including phenoxy) is 1. The third-order valence-corrected chi connectivity index (χ3v) is 7.02. The number of halogens is 3. The molecule has 30 heavy (non-hydrogen) atoms. The Kier molecular flexibility index (Phi) is 6.09. The molecule has 1 fully saturated rings. The molecule has 162 valence electrons. The van der Waals surface area contributed by atoms with Gasteiger partial charge in [-0.1, -0.05) is 6.07 Å². The predicted molar refractivity (Wildman–Crippen MR) is 105 cm³/mol. The molecule has 0 radical (unpaired) electrons. The summed E-state index contributed by atoms with van der Waals surface area (Å²) in [4.78, 5) is 12.8. The Bertz CT molecular complexity index is 1040. The van der Waals surface area contributed by atoms with E-state index in [0.29, 0.717) is 24.2 Å². The third-order valence-electron chi connectivity index (χ3n) is 4.97. The van der Waals surface area contributed by atoms with Gasteiger partial charge in [0, 0.05) is 18.3 Å². The molecule has 2 aromatic rings. The van der Waals surface area contributed by atoms with Gasteiger partial charge in [0.2, 0.25) is 15.9 Å². The van der Waals surface area contributed by atoms with Crippen molar-refractivity contribution in [2.24, 2.45) is 0 Å². The van der Waals surface area contributed by atoms with E-state index in [0.717, 1.165) is 28.6 Å². The molecule has 0 saturated carbocycles. The fraction of sp³-hybridized carbons (Fsp3) is 0.350. The Hall–Kier alpha value is -2.59. The average molecular weight is 442 g/mol. The zero-order valence-electron chi connectivity index (χ0n) is 16.4. The lowest BCUT2D eigenvalue weighted by molar-refractivity contribution is -0.137. The lowest BCUT2D eigenvalue weighted by Gasteiger charge is -2.24. The van der Waals surface area contributed by atoms with Gasteiger partial charge in [0.1, 0.15) is 11.8 Å². The van der Waals surface area contributed by atoms with Crippen molar-refractivity contribution in [2.75, 3.05) is 19.0 Å². The van der Waals surface area contributed by atoms with Crippen LogP contribution in [-0.2, 0) is 21.0 Å². The molecule has 0 aliphatic carbocycles. The zero-order valence-corrected chi connectivity index (χ0v) is 17.2. The molecule has 1 saturated heterocycles. The van der Waals surface area contributed by atoms with E-state index in [1.54, 1.807) is 19.1 Å². The standard InChI is InChI=1S/C20H21F3N2O4S/c1-13-5-10-16(29-2)12-18(13)30(27,28)25-11-3-4-17(25)19(26)24-15-8-6-14(7-9-15)20(21,22)23/h5-10,12,17H,3-4,11H2,1-2H3,(H,24,26)/t17-/m1/s1. The van der Waals surface area contributed by atoms with Gasteiger partial charge in [0.15, 0.2) is 0 Å². The van der Waals surface area contributed by atoms with Gasteiger partial charge in [-0.25, -0.2) is 8.42 Å². The molecule has 1 aliphatic rings. The third kappa shape index (κ3) is 4.44. The molecule has 0 aromatic heterocycles. The van der Waals surface area contributed by atoms with Crippen LogP contribution in [0.5, 0.6) is 5.75 Å². The number of carbonyl (C=O) groups is 1. The van der Waals surface area contributed by atoms with Crippen LogP contribution < -0.4 is 10.1 Å². The minimum Gasteiger partial charge on any atom is -0.497 e. The molecule has 1 N–H and O–H groups in total. The Morgan fingerprint density at radius 3 is 2.43 bits per heavy atom. The van der Waals surface area contributed by atoms with E-state index in [1.165, 1.54) is 13.2 Å². The number of rotatable bonds is 5. The topological polar surface area (TPSA) is 75.7 Å². The number of methoxy groups -OCH3 is 1. The smallest absolute Gasteiger partial charge is 0.416 e. The van der Waals surface area contributed by atoms with Crippen molar-refractivity contribution in [3.63, 3.8) is 0 Å². The van der Waals surface area contributed by atoms with Crippen LogP contribution >= 0.6 is 0 Å². The number of aryl methyl sites for hydroxylation is 1. The maximum absolute atomic E-state index is 13.2. The van der Waals surface area contributed by atoms with Crippen LogP contribution in [0.15, 0.2) is 47.4 Å². The van der Waals surface area contributed by atoms with Gasteiger partial charge in [-0.2, -0.15) is 17.5 Å². The normalized spacial score (nSPS) is 17.7. The first kappa shape index (κ1) is 22.1. The van der Waals surface area contributed by atoms with Gasteiger partial charge >= 0.3 is 6.18 Å². The summed E-state index contributed by atoms with van der Waals surface area (Å²) in [5.41, 5.74) is -0.154. The second-order valence-corrected chi connectivity index (χ2v) is 8.83. The molecule has 2 aromatic carbocycles. The number of sulfonamides is 1. The molecule has 1 heterocycles. The largest absolute Gasteiger partial charge is 0.497 e. The summed E-state index contributed by atoms with van der Waals surface area (Å²) in [6.07, 6.45) is -3.67. The summed E-state index contributed by atoms with van der Waals surface area (Å²) >= 11 is 0. The number of hydrogen-bond acceptors (Lipinski definition) is 4. The lowest BCUT2D eigenvalue weighted by Crippen LogP contribution is -2.43. The number of anilines is 1. The molecular formula is C20H21F3N2O4S. The highest BCUT2D eigenvalue weighted by Crippen LogP contribution is 2.32. The Balaban J connectivity index is 1.82. The van der Waals surface area contributed by atoms with Crippen LogP contribution in [0.4, 0.5) is 18.9 Å². The molecule has 10 heteroatoms. The van der Waals surface area contributed by atoms with Crippen molar-refractivity contribution in [1.82, 2.24) is 4.31 Å². The minimum atomic E-state index is -4.48. The van der Waals surface area contributed by atoms with Gasteiger partial charge in [0.05, 0.1) is 17.6 Å². The fourth-order valence-corrected chi connectivity index (χ4v) is 5.27. The molecule has 0 unspecified atom stereocenters. The number of nitrogens with one attached hydrogen (secondary N) is 1. The second-order valence-electron chi connectivity index (χ2n) is 6.97. The van der Waals surface area contributed by atoms with Crippen LogP contribution in [0.25, 0.3) is 0 Å². The summed E-state index contributed by atoms with van der Waals surface area (Å²) < 4.78 is 70.7. The van der Waals surface area contributed by atoms with E-state index >= 15 is 0 Å². The van der Waals surface area contributed by atoms with Crippen molar-refractivity contribution in [3.8, 4) is 5.75 Å². The average Bonchev–Trinajstić information content (AvgIpc) is 3.19. The molecule has 1 aliphatic heterocycles. The Morgan fingerprint density at radius 2 is 1.83 bits per heavy atom. The van der Waals surface area contributed by atoms with Gasteiger partial charge in [-0.3, -0.25) is 4.79 Å². The van der Waals surface area contributed by atoms with Crippen LogP contribution in [0.2, 0.25) is 0 Å². The van der Waals surface area contributed by atoms with Crippen LogP contribution in [0.3, 0.4) is 0 Å². The highest BCUT2D eigenvalue weighted by molar-refractivity contribution is 7.89. The van der Waals surface area contributed by atoms with E-state index in [2.05, 4.69) is 5.32 Å². The Morgan fingerprint density at radius 1 is 1.17 bits per heavy atom. The maximum Gasteiger partial charge on any atom is 0.416 e. The quantitative estimate of drug-likeness (QED) is 0.764. The number of amides is 1. The van der Waals surface area contributed by atoms with Crippen molar-refractivity contribution in [1.29, 1.82) is 0 Å². The van der Waals surface area contributed by atoms with Gasteiger partial charge in [0.25, 0.3) is 0 Å². The van der Waals surface area contributed by atoms with Crippen molar-refractivity contribution >= 4 is 21.6 Å². The highest BCUT2D eigenvalue weighted by atomic mass is 32.2. The summed E-state index contributed by atoms with van der Waals surface area (Å²) in [5, 5.41) is 2.52. The number of hydrogen-bond donors (Lipinski definition) is 1. The van der Waals surface area contributed by atoms with E-state index in [1.807, 2.05) is 0 Å². The fourth-order valence-electron chi connectivity index (χ4n) is 3.37. The molecule has 6 nitrogen and oxygen atoms in total. The summed E-state index contributed by atoms with van der Waals surface area (Å²) in [5.74, 6) is -0.208. The van der Waals surface area contributed by atoms with E-state index < -0.39 is 33.7 Å². The van der Waals surface area contributed by atoms with Crippen molar-refractivity contribution < 1.29 is 31.1 Å². The van der Waals surface area contributed by atoms with Gasteiger partial charge < -0.3 is 10.1 Å². The van der Waals surface area contributed by atoms with E-state index in [9.17, 15) is 26.4 Å². The zero-order chi connectivity index (χ0) is 22.1. The van der Waals surface area contributed by atoms with Crippen LogP contribution in [0, 0.1) is 6.92 Å². The monoisotopic (exact) mass is 442 g/mol. The summed E-state index contributed by atoms with van der Waals surface area (Å²) in [7, 11) is -2.54. The number of nitrogens with zero attached hydrogens (tertiary/aromatic N) is 1. The van der Waals surface area contributed by atoms with Crippen LogP contribution in [0.1, 0.15) is 24.0 Å². The molecule has 1 amide bonds. The second kappa shape index (κ2) is 8.27. The molecule has 3 rings (SSSR count). The first-order valence-electron chi connectivity index (χ1n) is 9.18. The SMILES string of the molecule is COc1ccc(C)c(S(=O)(=O)N2CCC[C@@H]2C(=O)Nc2ccc(C(F)(F)F)cc2)c1. The maximum atomic E-state index is 13.2. The first-order chi connectivity index (χ1) is 14.0. The van der Waals surface area contributed by atoms with E-state index in [4.69, 9.17) is 4.74 Å².